The first kappa shape index (κ1) is 23.4. The summed E-state index contributed by atoms with van der Waals surface area (Å²) in [6, 6.07) is 11.0. The molecule has 1 aromatic carbocycles. The van der Waals surface area contributed by atoms with Crippen molar-refractivity contribution in [1.82, 2.24) is 19.2 Å². The Bertz CT molecular complexity index is 1460. The number of hydrogen-bond acceptors (Lipinski definition) is 9. The van der Waals surface area contributed by atoms with Gasteiger partial charge in [0.25, 0.3) is 0 Å². The van der Waals surface area contributed by atoms with E-state index >= 15 is 0 Å². The van der Waals surface area contributed by atoms with Gasteiger partial charge in [0.1, 0.15) is 30.7 Å². The molecule has 0 saturated carbocycles. The van der Waals surface area contributed by atoms with E-state index in [1.807, 2.05) is 24.3 Å². The number of nitrogens with two attached hydrogens (primary N) is 1. The van der Waals surface area contributed by atoms with Crippen LogP contribution < -0.4 is 5.73 Å². The number of benzene rings is 1. The van der Waals surface area contributed by atoms with Gasteiger partial charge in [0.15, 0.2) is 5.82 Å². The molecule has 37 heavy (non-hydrogen) atoms. The number of nitrogens with zero attached hydrogens (tertiary/aromatic N) is 4. The lowest BCUT2D eigenvalue weighted by Gasteiger charge is -2.22. The van der Waals surface area contributed by atoms with Crippen molar-refractivity contribution < 1.29 is 28.5 Å². The highest BCUT2D eigenvalue weighted by Gasteiger charge is 2.30. The molecule has 2 aliphatic heterocycles. The largest absolute Gasteiger partial charge is 0.459 e. The van der Waals surface area contributed by atoms with Crippen molar-refractivity contribution in [2.45, 2.75) is 44.0 Å². The number of rotatable bonds is 5. The van der Waals surface area contributed by atoms with Crippen molar-refractivity contribution in [2.24, 2.45) is 0 Å². The molecule has 192 valence electrons. The van der Waals surface area contributed by atoms with Gasteiger partial charge >= 0.3 is 12.1 Å². The summed E-state index contributed by atoms with van der Waals surface area (Å²) in [6.07, 6.45) is 4.47. The van der Waals surface area contributed by atoms with Crippen LogP contribution in [-0.2, 0) is 18.9 Å². The minimum atomic E-state index is -0.581. The van der Waals surface area contributed by atoms with Crippen LogP contribution in [-0.4, -0.2) is 63.3 Å². The Morgan fingerprint density at radius 1 is 1.05 bits per heavy atom. The van der Waals surface area contributed by atoms with Crippen molar-refractivity contribution in [3.05, 3.63) is 60.2 Å². The Labute approximate surface area is 212 Å². The van der Waals surface area contributed by atoms with Crippen LogP contribution in [0.25, 0.3) is 16.4 Å². The Hall–Kier alpha value is -3.96. The summed E-state index contributed by atoms with van der Waals surface area (Å²) in [5.74, 6) is -0.0554. The first-order valence-corrected chi connectivity index (χ1v) is 12.4. The van der Waals surface area contributed by atoms with E-state index in [2.05, 4.69) is 10.1 Å². The SMILES string of the molecule is Nc1ncnn2c(C3CCC(COC(=O)n4cc(C(=O)OC5CCOCC5)c5ccccc54)O3)ccc12. The van der Waals surface area contributed by atoms with Crippen molar-refractivity contribution >= 4 is 34.3 Å². The van der Waals surface area contributed by atoms with Crippen molar-refractivity contribution in [3.8, 4) is 0 Å². The van der Waals surface area contributed by atoms with Gasteiger partial charge in [-0.1, -0.05) is 18.2 Å². The third-order valence-corrected chi connectivity index (χ3v) is 6.91. The lowest BCUT2D eigenvalue weighted by atomic mass is 10.1. The molecule has 2 atom stereocenters. The van der Waals surface area contributed by atoms with Gasteiger partial charge in [0, 0.05) is 24.4 Å². The third kappa shape index (κ3) is 4.51. The first-order chi connectivity index (χ1) is 18.1. The van der Waals surface area contributed by atoms with E-state index in [0.717, 1.165) is 24.1 Å². The number of hydrogen-bond donors (Lipinski definition) is 1. The second kappa shape index (κ2) is 9.83. The molecular formula is C26H27N5O6. The van der Waals surface area contributed by atoms with Gasteiger partial charge in [-0.05, 0) is 31.0 Å². The minimum Gasteiger partial charge on any atom is -0.459 e. The molecule has 5 heterocycles. The third-order valence-electron chi connectivity index (χ3n) is 6.91. The van der Waals surface area contributed by atoms with E-state index in [0.29, 0.717) is 48.3 Å². The fourth-order valence-corrected chi connectivity index (χ4v) is 5.00. The topological polar surface area (TPSA) is 132 Å². The van der Waals surface area contributed by atoms with E-state index in [-0.39, 0.29) is 24.9 Å². The van der Waals surface area contributed by atoms with Gasteiger partial charge in [0.2, 0.25) is 0 Å². The van der Waals surface area contributed by atoms with Crippen molar-refractivity contribution in [2.75, 3.05) is 25.6 Å². The van der Waals surface area contributed by atoms with Crippen LogP contribution in [0.2, 0.25) is 0 Å². The number of anilines is 1. The summed E-state index contributed by atoms with van der Waals surface area (Å²) in [4.78, 5) is 30.0. The fraction of sp³-hybridized carbons (Fsp3) is 0.385. The van der Waals surface area contributed by atoms with Crippen LogP contribution in [0.5, 0.6) is 0 Å². The number of aromatic nitrogens is 4. The average Bonchev–Trinajstić information content (AvgIpc) is 3.65. The number of ether oxygens (including phenoxy) is 4. The maximum absolute atomic E-state index is 13.0. The molecule has 2 aliphatic rings. The summed E-state index contributed by atoms with van der Waals surface area (Å²) in [5.41, 5.74) is 8.44. The van der Waals surface area contributed by atoms with E-state index in [9.17, 15) is 9.59 Å². The zero-order valence-electron chi connectivity index (χ0n) is 20.1. The normalized spacial score (nSPS) is 20.4. The predicted octanol–water partition coefficient (Wildman–Crippen LogP) is 3.51. The molecule has 2 saturated heterocycles. The van der Waals surface area contributed by atoms with Crippen LogP contribution >= 0.6 is 0 Å². The molecule has 11 nitrogen and oxygen atoms in total. The number of carbonyl (C=O) groups is 2. The van der Waals surface area contributed by atoms with Crippen LogP contribution in [0.4, 0.5) is 10.6 Å². The number of para-hydroxylation sites is 1. The second-order valence-electron chi connectivity index (χ2n) is 9.25. The maximum Gasteiger partial charge on any atom is 0.418 e. The molecule has 0 bridgehead atoms. The molecular weight excluding hydrogens is 478 g/mol. The average molecular weight is 506 g/mol. The van der Waals surface area contributed by atoms with Crippen LogP contribution in [0.15, 0.2) is 48.9 Å². The highest BCUT2D eigenvalue weighted by atomic mass is 16.6. The van der Waals surface area contributed by atoms with Gasteiger partial charge in [-0.25, -0.2) is 19.1 Å². The predicted molar refractivity (Wildman–Crippen MR) is 132 cm³/mol. The molecule has 2 fully saturated rings. The zero-order valence-corrected chi connectivity index (χ0v) is 20.1. The minimum absolute atomic E-state index is 0.0874. The Morgan fingerprint density at radius 2 is 1.89 bits per heavy atom. The molecule has 11 heteroatoms. The molecule has 0 spiro atoms. The number of fused-ring (bicyclic) bond motifs is 2. The van der Waals surface area contributed by atoms with Crippen LogP contribution in [0.1, 0.15) is 47.8 Å². The Balaban J connectivity index is 1.13. The van der Waals surface area contributed by atoms with Crippen LogP contribution in [0.3, 0.4) is 0 Å². The summed E-state index contributed by atoms with van der Waals surface area (Å²) in [5, 5.41) is 4.91. The molecule has 3 aromatic heterocycles. The van der Waals surface area contributed by atoms with Gasteiger partial charge in [-0.15, -0.1) is 0 Å². The summed E-state index contributed by atoms with van der Waals surface area (Å²) >= 11 is 0. The quantitative estimate of drug-likeness (QED) is 0.405. The van der Waals surface area contributed by atoms with Gasteiger partial charge in [0.05, 0.1) is 36.1 Å². The van der Waals surface area contributed by atoms with E-state index < -0.39 is 12.1 Å². The number of esters is 1. The molecule has 4 aromatic rings. The lowest BCUT2D eigenvalue weighted by Crippen LogP contribution is -2.26. The van der Waals surface area contributed by atoms with Gasteiger partial charge in [-0.2, -0.15) is 5.10 Å². The number of carbonyl (C=O) groups excluding carboxylic acids is 2. The van der Waals surface area contributed by atoms with Crippen LogP contribution in [0, 0.1) is 0 Å². The summed E-state index contributed by atoms with van der Waals surface area (Å²) < 4.78 is 25.9. The fourth-order valence-electron chi connectivity index (χ4n) is 5.00. The Kier molecular flexibility index (Phi) is 6.23. The highest BCUT2D eigenvalue weighted by molar-refractivity contribution is 6.06. The van der Waals surface area contributed by atoms with Crippen molar-refractivity contribution in [3.63, 3.8) is 0 Å². The molecule has 2 N–H and O–H groups in total. The molecule has 0 amide bonds. The standard InChI is InChI=1S/C26H27N5O6/c27-24-22-7-6-21(31(22)29-15-28-24)23-8-5-17(36-23)14-35-26(33)30-13-19(18-3-1-2-4-20(18)30)25(32)37-16-9-11-34-12-10-16/h1-4,6-7,13,15-17,23H,5,8-12,14H2,(H2,27,28,29). The molecule has 0 radical (unpaired) electrons. The summed E-state index contributed by atoms with van der Waals surface area (Å²) in [7, 11) is 0. The lowest BCUT2D eigenvalue weighted by molar-refractivity contribution is -0.0158. The maximum atomic E-state index is 13.0. The Morgan fingerprint density at radius 3 is 2.76 bits per heavy atom. The van der Waals surface area contributed by atoms with Crippen molar-refractivity contribution in [1.29, 1.82) is 0 Å². The zero-order chi connectivity index (χ0) is 25.4. The monoisotopic (exact) mass is 505 g/mol. The second-order valence-corrected chi connectivity index (χ2v) is 9.25. The summed E-state index contributed by atoms with van der Waals surface area (Å²) in [6.45, 7) is 1.22. The van der Waals surface area contributed by atoms with E-state index in [1.165, 1.54) is 17.1 Å². The van der Waals surface area contributed by atoms with Gasteiger partial charge in [-0.3, -0.25) is 4.57 Å². The van der Waals surface area contributed by atoms with E-state index in [4.69, 9.17) is 24.7 Å². The highest BCUT2D eigenvalue weighted by Crippen LogP contribution is 2.34. The smallest absolute Gasteiger partial charge is 0.418 e. The number of nitrogen functional groups attached to an aromatic ring is 1. The van der Waals surface area contributed by atoms with Gasteiger partial charge < -0.3 is 24.7 Å². The van der Waals surface area contributed by atoms with E-state index in [1.54, 1.807) is 16.6 Å². The molecule has 6 rings (SSSR count). The molecule has 2 unspecified atom stereocenters. The first-order valence-electron chi connectivity index (χ1n) is 12.4. The molecule has 0 aliphatic carbocycles.